The summed E-state index contributed by atoms with van der Waals surface area (Å²) in [5, 5.41) is 7.11. The number of alkyl halides is 3. The van der Waals surface area contributed by atoms with Crippen molar-refractivity contribution in [1.29, 1.82) is 0 Å². The number of nitrogens with zero attached hydrogens (tertiary/aromatic N) is 3. The Bertz CT molecular complexity index is 1300. The van der Waals surface area contributed by atoms with Gasteiger partial charge in [0.05, 0.1) is 16.3 Å². The van der Waals surface area contributed by atoms with Gasteiger partial charge in [-0.05, 0) is 24.6 Å². The fourth-order valence-electron chi connectivity index (χ4n) is 3.68. The lowest BCUT2D eigenvalue weighted by Crippen LogP contribution is -2.35. The molecule has 1 saturated heterocycles. The molecule has 1 aromatic carbocycles. The van der Waals surface area contributed by atoms with E-state index in [1.165, 1.54) is 36.7 Å². The topological polar surface area (TPSA) is 96.5 Å². The van der Waals surface area contributed by atoms with Crippen molar-refractivity contribution < 1.29 is 31.9 Å². The minimum Gasteiger partial charge on any atom is -0.403 e. The number of ether oxygens (including phenoxy) is 1. The van der Waals surface area contributed by atoms with Gasteiger partial charge in [0.15, 0.2) is 16.7 Å². The average Bonchev–Trinajstić information content (AvgIpc) is 3.43. The number of anilines is 2. The van der Waals surface area contributed by atoms with E-state index in [2.05, 4.69) is 25.3 Å². The van der Waals surface area contributed by atoms with Gasteiger partial charge >= 0.3 is 6.36 Å². The number of hydrogen-bond donors (Lipinski definition) is 2. The van der Waals surface area contributed by atoms with Crippen molar-refractivity contribution in [2.24, 2.45) is 0 Å². The van der Waals surface area contributed by atoms with Gasteiger partial charge in [-0.2, -0.15) is 0 Å². The molecule has 1 atom stereocenters. The van der Waals surface area contributed by atoms with E-state index in [-0.39, 0.29) is 38.9 Å². The lowest BCUT2D eigenvalue weighted by molar-refractivity contribution is -0.275. The van der Waals surface area contributed by atoms with Crippen molar-refractivity contribution in [3.63, 3.8) is 0 Å². The van der Waals surface area contributed by atoms with Gasteiger partial charge < -0.3 is 15.0 Å². The summed E-state index contributed by atoms with van der Waals surface area (Å²) in [4.78, 5) is 34.2. The number of aromatic nitrogens is 2. The summed E-state index contributed by atoms with van der Waals surface area (Å²) in [6.45, 7) is 2.62. The molecule has 1 unspecified atom stereocenters. The van der Waals surface area contributed by atoms with Crippen LogP contribution in [-0.4, -0.2) is 47.3 Å². The molecule has 1 aliphatic rings. The van der Waals surface area contributed by atoms with Crippen LogP contribution in [0.5, 0.6) is 5.75 Å². The summed E-state index contributed by atoms with van der Waals surface area (Å²) < 4.78 is 55.7. The fourth-order valence-corrected chi connectivity index (χ4v) is 4.67. The Morgan fingerprint density at radius 2 is 2.08 bits per heavy atom. The monoisotopic (exact) mass is 543 g/mol. The molecule has 0 aliphatic carbocycles. The molecule has 36 heavy (non-hydrogen) atoms. The minimum atomic E-state index is -5.05. The molecule has 3 aromatic rings. The number of carbonyl (C=O) groups excluding carboxylic acids is 2. The summed E-state index contributed by atoms with van der Waals surface area (Å²) in [5.74, 6) is -2.44. The molecule has 190 valence electrons. The molecule has 2 amide bonds. The number of halogens is 5. The van der Waals surface area contributed by atoms with Gasteiger partial charge in [-0.1, -0.05) is 17.7 Å². The first-order valence-corrected chi connectivity index (χ1v) is 11.7. The van der Waals surface area contributed by atoms with Crippen LogP contribution in [0.15, 0.2) is 35.8 Å². The van der Waals surface area contributed by atoms with Crippen LogP contribution in [0.3, 0.4) is 0 Å². The Morgan fingerprint density at radius 3 is 2.78 bits per heavy atom. The minimum absolute atomic E-state index is 0.0204. The van der Waals surface area contributed by atoms with Gasteiger partial charge in [-0.25, -0.2) is 14.4 Å². The van der Waals surface area contributed by atoms with Crippen LogP contribution in [-0.2, 0) is 4.79 Å². The van der Waals surface area contributed by atoms with Gasteiger partial charge in [0, 0.05) is 43.2 Å². The highest BCUT2D eigenvalue weighted by atomic mass is 35.5. The van der Waals surface area contributed by atoms with E-state index < -0.39 is 23.8 Å². The highest BCUT2D eigenvalue weighted by Crippen LogP contribution is 2.34. The van der Waals surface area contributed by atoms with Crippen LogP contribution >= 0.6 is 22.9 Å². The van der Waals surface area contributed by atoms with E-state index in [4.69, 9.17) is 11.6 Å². The zero-order valence-electron chi connectivity index (χ0n) is 18.5. The smallest absolute Gasteiger partial charge is 0.403 e. The molecule has 2 aromatic heterocycles. The van der Waals surface area contributed by atoms with Crippen molar-refractivity contribution in [2.45, 2.75) is 25.7 Å². The summed E-state index contributed by atoms with van der Waals surface area (Å²) >= 11 is 7.31. The van der Waals surface area contributed by atoms with E-state index in [0.717, 1.165) is 23.8 Å². The molecule has 8 nitrogen and oxygen atoms in total. The largest absolute Gasteiger partial charge is 0.573 e. The van der Waals surface area contributed by atoms with Crippen LogP contribution < -0.4 is 20.3 Å². The van der Waals surface area contributed by atoms with E-state index in [0.29, 0.717) is 18.9 Å². The second-order valence-corrected chi connectivity index (χ2v) is 9.08. The molecule has 1 fully saturated rings. The van der Waals surface area contributed by atoms with Gasteiger partial charge in [-0.15, -0.1) is 24.5 Å². The first kappa shape index (κ1) is 25.6. The van der Waals surface area contributed by atoms with Crippen LogP contribution in [0.25, 0.3) is 11.3 Å². The van der Waals surface area contributed by atoms with Crippen molar-refractivity contribution in [3.05, 3.63) is 52.2 Å². The molecule has 3 heterocycles. The number of amides is 2. The van der Waals surface area contributed by atoms with Gasteiger partial charge in [0.25, 0.3) is 5.91 Å². The van der Waals surface area contributed by atoms with Crippen LogP contribution in [0.1, 0.15) is 23.7 Å². The second kappa shape index (κ2) is 10.3. The third-order valence-corrected chi connectivity index (χ3v) is 6.20. The van der Waals surface area contributed by atoms with Crippen molar-refractivity contribution in [1.82, 2.24) is 15.3 Å². The van der Waals surface area contributed by atoms with Gasteiger partial charge in [0.2, 0.25) is 5.91 Å². The third kappa shape index (κ3) is 6.02. The predicted octanol–water partition coefficient (Wildman–Crippen LogP) is 4.86. The molecule has 1 aliphatic heterocycles. The number of thiazole rings is 1. The maximum absolute atomic E-state index is 14.5. The normalized spacial score (nSPS) is 15.6. The highest BCUT2D eigenvalue weighted by molar-refractivity contribution is 7.14. The SMILES string of the molecule is CC(=O)NC1CCN(c2ncc(C(=O)Nc3nc(-c4cccc(OC(F)(F)F)c4F)cs3)cc2Cl)C1. The van der Waals surface area contributed by atoms with Crippen molar-refractivity contribution >= 4 is 45.7 Å². The summed E-state index contributed by atoms with van der Waals surface area (Å²) in [6, 6.07) is 4.72. The van der Waals surface area contributed by atoms with Gasteiger partial charge in [0.1, 0.15) is 5.82 Å². The molecule has 4 rings (SSSR count). The first-order chi connectivity index (χ1) is 17.0. The number of rotatable bonds is 6. The van der Waals surface area contributed by atoms with Crippen molar-refractivity contribution in [3.8, 4) is 17.0 Å². The lowest BCUT2D eigenvalue weighted by Gasteiger charge is -2.19. The van der Waals surface area contributed by atoms with Gasteiger partial charge in [-0.3, -0.25) is 14.9 Å². The molecular weight excluding hydrogens is 526 g/mol. The third-order valence-electron chi connectivity index (χ3n) is 5.17. The van der Waals surface area contributed by atoms with Crippen LogP contribution in [0.2, 0.25) is 5.02 Å². The average molecular weight is 544 g/mol. The molecule has 0 saturated carbocycles. The molecule has 0 spiro atoms. The Kier molecular flexibility index (Phi) is 7.31. The Labute approximate surface area is 211 Å². The van der Waals surface area contributed by atoms with E-state index in [1.54, 1.807) is 0 Å². The maximum Gasteiger partial charge on any atom is 0.573 e. The molecule has 14 heteroatoms. The quantitative estimate of drug-likeness (QED) is 0.431. The van der Waals surface area contributed by atoms with Crippen LogP contribution in [0.4, 0.5) is 28.5 Å². The summed E-state index contributed by atoms with van der Waals surface area (Å²) in [5.41, 5.74) is -0.0507. The number of nitrogens with one attached hydrogen (secondary N) is 2. The maximum atomic E-state index is 14.5. The Hall–Kier alpha value is -3.45. The Morgan fingerprint density at radius 1 is 1.31 bits per heavy atom. The lowest BCUT2D eigenvalue weighted by atomic mass is 10.1. The molecule has 0 radical (unpaired) electrons. The number of pyridine rings is 1. The Balaban J connectivity index is 1.45. The zero-order chi connectivity index (χ0) is 26.0. The second-order valence-electron chi connectivity index (χ2n) is 7.82. The first-order valence-electron chi connectivity index (χ1n) is 10.5. The zero-order valence-corrected chi connectivity index (χ0v) is 20.1. The highest BCUT2D eigenvalue weighted by Gasteiger charge is 2.33. The summed E-state index contributed by atoms with van der Waals surface area (Å²) in [6.07, 6.45) is -2.97. The molecule has 0 bridgehead atoms. The van der Waals surface area contributed by atoms with E-state index in [9.17, 15) is 27.2 Å². The summed E-state index contributed by atoms with van der Waals surface area (Å²) in [7, 11) is 0. The number of benzene rings is 1. The number of carbonyl (C=O) groups is 2. The van der Waals surface area contributed by atoms with Crippen LogP contribution in [0, 0.1) is 5.82 Å². The van der Waals surface area contributed by atoms with E-state index >= 15 is 0 Å². The fraction of sp³-hybridized carbons (Fsp3) is 0.273. The molecular formula is C22H18ClF4N5O3S. The molecule has 2 N–H and O–H groups in total. The predicted molar refractivity (Wildman–Crippen MR) is 126 cm³/mol. The standard InChI is InChI=1S/C22H18ClF4N5O3S/c1-11(33)29-13-5-6-32(9-13)19-15(23)7-12(8-28-19)20(34)31-21-30-16(10-36-21)14-3-2-4-17(18(14)24)35-22(25,26)27/h2-4,7-8,10,13H,5-6,9H2,1H3,(H,29,33)(H,30,31,34). The van der Waals surface area contributed by atoms with Crippen molar-refractivity contribution in [2.75, 3.05) is 23.3 Å². The number of hydrogen-bond acceptors (Lipinski definition) is 7. The van der Waals surface area contributed by atoms with E-state index in [1.807, 2.05) is 4.90 Å².